The molecule has 2 aromatic heterocycles. The van der Waals surface area contributed by atoms with Crippen LogP contribution < -0.4 is 32.3 Å². The third kappa shape index (κ3) is 13.5. The lowest BCUT2D eigenvalue weighted by Crippen LogP contribution is -2.61. The Kier molecular flexibility index (Phi) is 16.3. The van der Waals surface area contributed by atoms with Gasteiger partial charge in [0.05, 0.1) is 6.42 Å². The van der Waals surface area contributed by atoms with E-state index in [1.165, 1.54) is 13.0 Å². The number of para-hydroxylation sites is 2. The van der Waals surface area contributed by atoms with Gasteiger partial charge in [-0.3, -0.25) is 29.0 Å². The van der Waals surface area contributed by atoms with Crippen molar-refractivity contribution in [3.05, 3.63) is 90.3 Å². The lowest BCUT2D eigenvalue weighted by atomic mass is 9.94. The Morgan fingerprint density at radius 2 is 1.66 bits per heavy atom. The zero-order valence-electron chi connectivity index (χ0n) is 31.7. The molecule has 296 valence electrons. The Labute approximate surface area is 325 Å². The highest BCUT2D eigenvalue weighted by Gasteiger charge is 2.35. The van der Waals surface area contributed by atoms with E-state index in [0.29, 0.717) is 60.6 Å². The number of rotatable bonds is 23. The summed E-state index contributed by atoms with van der Waals surface area (Å²) >= 11 is 0. The van der Waals surface area contributed by atoms with E-state index in [-0.39, 0.29) is 38.0 Å². The molecule has 4 rings (SSSR count). The average Bonchev–Trinajstić information content (AvgIpc) is 3.59. The molecule has 2 heterocycles. The number of carbonyl (C=O) groups excluding carboxylic acids is 6. The molecular weight excluding hydrogens is 716 g/mol. The fourth-order valence-electron chi connectivity index (χ4n) is 5.90. The van der Waals surface area contributed by atoms with Crippen LogP contribution in [0.15, 0.2) is 83.6 Å². The van der Waals surface area contributed by atoms with Gasteiger partial charge in [0, 0.05) is 37.1 Å². The monoisotopic (exact) mass is 766 g/mol. The van der Waals surface area contributed by atoms with Gasteiger partial charge in [0.25, 0.3) is 6.01 Å². The van der Waals surface area contributed by atoms with Gasteiger partial charge in [0.1, 0.15) is 29.4 Å². The number of amides is 5. The van der Waals surface area contributed by atoms with Gasteiger partial charge >= 0.3 is 0 Å². The molecule has 0 bridgehead atoms. The second kappa shape index (κ2) is 21.5. The molecule has 56 heavy (non-hydrogen) atoms. The predicted octanol–water partition coefficient (Wildman–Crippen LogP) is 4.01. The van der Waals surface area contributed by atoms with Crippen LogP contribution in [0.5, 0.6) is 0 Å². The van der Waals surface area contributed by atoms with Gasteiger partial charge in [-0.1, -0.05) is 43.7 Å². The molecule has 0 fully saturated rings. The molecule has 5 amide bonds. The summed E-state index contributed by atoms with van der Waals surface area (Å²) in [6.45, 7) is 3.69. The molecule has 2 aromatic carbocycles. The Bertz CT molecular complexity index is 1930. The first kappa shape index (κ1) is 42.4. The van der Waals surface area contributed by atoms with Crippen molar-refractivity contribution in [3.63, 3.8) is 0 Å². The van der Waals surface area contributed by atoms with Crippen molar-refractivity contribution in [2.24, 2.45) is 5.73 Å². The molecular formula is C41H50N8O7. The predicted molar refractivity (Wildman–Crippen MR) is 212 cm³/mol. The van der Waals surface area contributed by atoms with Crippen LogP contribution in [0, 0.1) is 0 Å². The Morgan fingerprint density at radius 3 is 2.36 bits per heavy atom. The first-order valence-corrected chi connectivity index (χ1v) is 18.7. The molecule has 0 radical (unpaired) electrons. The number of aromatic nitrogens is 2. The maximum Gasteiger partial charge on any atom is 0.300 e. The summed E-state index contributed by atoms with van der Waals surface area (Å²) in [5, 5.41) is 14.2. The third-order valence-electron chi connectivity index (χ3n) is 8.99. The molecule has 0 aliphatic heterocycles. The number of nitrogens with two attached hydrogens (primary N) is 1. The molecule has 0 spiro atoms. The van der Waals surface area contributed by atoms with Crippen molar-refractivity contribution in [1.82, 2.24) is 31.2 Å². The number of aldehydes is 1. The number of nitrogens with one attached hydrogen (secondary N) is 5. The molecule has 15 heteroatoms. The van der Waals surface area contributed by atoms with E-state index in [0.717, 1.165) is 11.8 Å². The van der Waals surface area contributed by atoms with E-state index in [1.807, 2.05) is 37.3 Å². The lowest BCUT2D eigenvalue weighted by molar-refractivity contribution is -0.135. The third-order valence-corrected chi connectivity index (χ3v) is 8.99. The number of anilines is 2. The van der Waals surface area contributed by atoms with Gasteiger partial charge in [-0.15, -0.1) is 0 Å². The minimum absolute atomic E-state index is 0.0382. The van der Waals surface area contributed by atoms with Crippen LogP contribution in [0.3, 0.4) is 0 Å². The average molecular weight is 767 g/mol. The highest BCUT2D eigenvalue weighted by molar-refractivity contribution is 5.95. The minimum atomic E-state index is -1.35. The fraction of sp³-hybridized carbons (Fsp3) is 0.366. The van der Waals surface area contributed by atoms with E-state index in [2.05, 4.69) is 36.6 Å². The molecule has 0 saturated heterocycles. The zero-order chi connectivity index (χ0) is 40.3. The largest absolute Gasteiger partial charge is 0.423 e. The highest BCUT2D eigenvalue weighted by Crippen LogP contribution is 2.22. The summed E-state index contributed by atoms with van der Waals surface area (Å²) in [6.07, 6.45) is 9.57. The maximum absolute atomic E-state index is 13.8. The molecule has 4 aromatic rings. The number of oxazole rings is 1. The van der Waals surface area contributed by atoms with Gasteiger partial charge in [0.15, 0.2) is 5.58 Å². The smallest absolute Gasteiger partial charge is 0.300 e. The van der Waals surface area contributed by atoms with E-state index >= 15 is 0 Å². The molecule has 15 nitrogen and oxygen atoms in total. The maximum atomic E-state index is 13.8. The van der Waals surface area contributed by atoms with Gasteiger partial charge in [0.2, 0.25) is 29.5 Å². The Hall–Kier alpha value is -6.38. The number of fused-ring (bicyclic) bond motifs is 1. The van der Waals surface area contributed by atoms with Crippen LogP contribution in [0.4, 0.5) is 11.7 Å². The summed E-state index contributed by atoms with van der Waals surface area (Å²) in [4.78, 5) is 84.7. The van der Waals surface area contributed by atoms with E-state index in [1.54, 1.807) is 48.8 Å². The molecule has 7 N–H and O–H groups in total. The number of pyridine rings is 1. The summed E-state index contributed by atoms with van der Waals surface area (Å²) in [6, 6.07) is 16.3. The van der Waals surface area contributed by atoms with Gasteiger partial charge in [-0.05, 0) is 93.0 Å². The van der Waals surface area contributed by atoms with Crippen molar-refractivity contribution < 1.29 is 33.2 Å². The van der Waals surface area contributed by atoms with Gasteiger partial charge < -0.3 is 41.5 Å². The number of hydrogen-bond donors (Lipinski definition) is 6. The summed E-state index contributed by atoms with van der Waals surface area (Å²) in [7, 11) is 0. The molecule has 0 aliphatic rings. The van der Waals surface area contributed by atoms with Crippen LogP contribution >= 0.6 is 0 Å². The molecule has 3 atom stereocenters. The topological polar surface area (TPSA) is 228 Å². The van der Waals surface area contributed by atoms with Crippen molar-refractivity contribution in [2.45, 2.75) is 89.3 Å². The SMILES string of the molecule is CCCC(C)(NC(=O)[C@@H](CCCC=O)NC(=O)[C@@H](CCCCNC(=O)/C=C/c1cccnc1)NC(=O)Cc1ccc(Nc2nc3ccccc3o2)cc1)C(N)=O. The second-order valence-electron chi connectivity index (χ2n) is 13.6. The van der Waals surface area contributed by atoms with Crippen molar-refractivity contribution in [1.29, 1.82) is 0 Å². The zero-order valence-corrected chi connectivity index (χ0v) is 31.7. The number of benzene rings is 2. The van der Waals surface area contributed by atoms with Crippen LogP contribution in [0.1, 0.15) is 76.3 Å². The summed E-state index contributed by atoms with van der Waals surface area (Å²) in [5.74, 6) is -2.67. The standard InChI is InChI=1S/C41H50N8O7/c1-3-22-41(2,39(42)55)49-38(54)33(14-7-9-25-50)47-37(53)32(13-6-8-24-44-35(51)21-18-29-11-10-23-43-27-29)46-36(52)26-28-16-19-30(20-17-28)45-40-48-31-12-4-5-15-34(31)56-40/h4-5,10-12,15-21,23,25,27,32-33H,3,6-9,13-14,22,24,26H2,1-2H3,(H2,42,55)(H,44,51)(H,45,48)(H,46,52)(H,47,53)(H,49,54)/b21-18+/t32-,33-,41?/m1/s1. The first-order chi connectivity index (χ1) is 27.0. The Morgan fingerprint density at radius 1 is 0.911 bits per heavy atom. The number of hydrogen-bond acceptors (Lipinski definition) is 10. The van der Waals surface area contributed by atoms with Crippen LogP contribution in [0.2, 0.25) is 0 Å². The number of nitrogens with zero attached hydrogens (tertiary/aromatic N) is 2. The van der Waals surface area contributed by atoms with Gasteiger partial charge in [-0.25, -0.2) is 0 Å². The Balaban J connectivity index is 1.40. The van der Waals surface area contributed by atoms with E-state index in [9.17, 15) is 28.8 Å². The van der Waals surface area contributed by atoms with Crippen LogP contribution in [0.25, 0.3) is 17.2 Å². The molecule has 0 saturated carbocycles. The second-order valence-corrected chi connectivity index (χ2v) is 13.6. The lowest BCUT2D eigenvalue weighted by Gasteiger charge is -2.30. The van der Waals surface area contributed by atoms with Crippen molar-refractivity contribution in [3.8, 4) is 0 Å². The first-order valence-electron chi connectivity index (χ1n) is 18.7. The molecule has 1 unspecified atom stereocenters. The molecule has 0 aliphatic carbocycles. The van der Waals surface area contributed by atoms with Gasteiger partial charge in [-0.2, -0.15) is 4.98 Å². The van der Waals surface area contributed by atoms with Crippen LogP contribution in [-0.4, -0.2) is 70.0 Å². The minimum Gasteiger partial charge on any atom is -0.423 e. The fourth-order valence-corrected chi connectivity index (χ4v) is 5.90. The normalized spacial score (nSPS) is 13.2. The summed E-state index contributed by atoms with van der Waals surface area (Å²) < 4.78 is 5.72. The van der Waals surface area contributed by atoms with E-state index in [4.69, 9.17) is 10.2 Å². The summed E-state index contributed by atoms with van der Waals surface area (Å²) in [5.41, 5.74) is 7.79. The van der Waals surface area contributed by atoms with Crippen molar-refractivity contribution in [2.75, 3.05) is 11.9 Å². The number of unbranched alkanes of at least 4 members (excludes halogenated alkanes) is 2. The number of primary amides is 1. The van der Waals surface area contributed by atoms with Crippen LogP contribution in [-0.2, 0) is 35.2 Å². The number of carbonyl (C=O) groups is 6. The highest BCUT2D eigenvalue weighted by atomic mass is 16.4. The quantitative estimate of drug-likeness (QED) is 0.0361. The van der Waals surface area contributed by atoms with Crippen molar-refractivity contribution >= 4 is 64.7 Å². The van der Waals surface area contributed by atoms with E-state index < -0.39 is 41.3 Å².